The molecule has 25 heavy (non-hydrogen) atoms. The van der Waals surface area contributed by atoms with Gasteiger partial charge in [-0.25, -0.2) is 4.68 Å². The smallest absolute Gasteiger partial charge is 0.125 e. The fraction of sp³-hybridized carbons (Fsp3) is 0.526. The number of benzene rings is 1. The maximum atomic E-state index is 10.2. The van der Waals surface area contributed by atoms with E-state index >= 15 is 0 Å². The molecule has 1 aromatic heterocycles. The standard InChI is InChI=1S/C19H28N4O2/c1-13-5-4-6-14(2)19(13)25-12-17(24)10-20-8-16-9-21-18-7-15(3)22-23(18)11-16/h4-7,16-17,20-21,24H,8-12H2,1-3H3/t16-,17+/m1/s1. The summed E-state index contributed by atoms with van der Waals surface area (Å²) >= 11 is 0. The summed E-state index contributed by atoms with van der Waals surface area (Å²) in [5.41, 5.74) is 3.23. The van der Waals surface area contributed by atoms with E-state index in [0.717, 1.165) is 48.0 Å². The molecule has 136 valence electrons. The van der Waals surface area contributed by atoms with Crippen molar-refractivity contribution in [1.82, 2.24) is 15.1 Å². The molecule has 3 N–H and O–H groups in total. The van der Waals surface area contributed by atoms with Crippen LogP contribution >= 0.6 is 0 Å². The number of aliphatic hydroxyl groups excluding tert-OH is 1. The topological polar surface area (TPSA) is 71.3 Å². The number of nitrogens with one attached hydrogen (secondary N) is 2. The molecule has 0 radical (unpaired) electrons. The molecule has 6 nitrogen and oxygen atoms in total. The van der Waals surface area contributed by atoms with Crippen LogP contribution in [0.5, 0.6) is 5.75 Å². The Balaban J connectivity index is 1.39. The van der Waals surface area contributed by atoms with E-state index in [0.29, 0.717) is 19.1 Å². The van der Waals surface area contributed by atoms with Crippen LogP contribution in [0.25, 0.3) is 0 Å². The van der Waals surface area contributed by atoms with Gasteiger partial charge in [0.15, 0.2) is 0 Å². The number of nitrogens with zero attached hydrogens (tertiary/aromatic N) is 2. The van der Waals surface area contributed by atoms with Crippen LogP contribution in [0, 0.1) is 26.7 Å². The van der Waals surface area contributed by atoms with E-state index in [1.165, 1.54) is 0 Å². The van der Waals surface area contributed by atoms with Crippen molar-refractivity contribution in [1.29, 1.82) is 0 Å². The summed E-state index contributed by atoms with van der Waals surface area (Å²) in [5.74, 6) is 2.42. The first kappa shape index (κ1) is 17.8. The molecule has 0 amide bonds. The van der Waals surface area contributed by atoms with Crippen molar-refractivity contribution >= 4 is 5.82 Å². The van der Waals surface area contributed by atoms with Crippen molar-refractivity contribution in [3.63, 3.8) is 0 Å². The summed E-state index contributed by atoms with van der Waals surface area (Å²) in [6.45, 7) is 9.53. The number of anilines is 1. The minimum absolute atomic E-state index is 0.296. The van der Waals surface area contributed by atoms with E-state index in [9.17, 15) is 5.11 Å². The van der Waals surface area contributed by atoms with Gasteiger partial charge in [0.2, 0.25) is 0 Å². The van der Waals surface area contributed by atoms with Crippen LogP contribution in [-0.2, 0) is 6.54 Å². The van der Waals surface area contributed by atoms with E-state index in [-0.39, 0.29) is 0 Å². The molecule has 0 saturated heterocycles. The Hall–Kier alpha value is -2.05. The zero-order valence-corrected chi connectivity index (χ0v) is 15.2. The molecular formula is C19H28N4O2. The van der Waals surface area contributed by atoms with E-state index in [1.807, 2.05) is 43.7 Å². The zero-order chi connectivity index (χ0) is 17.8. The molecule has 0 fully saturated rings. The summed E-state index contributed by atoms with van der Waals surface area (Å²) < 4.78 is 7.82. The number of fused-ring (bicyclic) bond motifs is 1. The number of aryl methyl sites for hydroxylation is 3. The van der Waals surface area contributed by atoms with Crippen LogP contribution in [0.2, 0.25) is 0 Å². The molecule has 2 aromatic rings. The molecule has 3 rings (SSSR count). The molecule has 2 heterocycles. The molecule has 0 unspecified atom stereocenters. The highest BCUT2D eigenvalue weighted by atomic mass is 16.5. The lowest BCUT2D eigenvalue weighted by molar-refractivity contribution is 0.104. The number of aliphatic hydroxyl groups is 1. The predicted molar refractivity (Wildman–Crippen MR) is 99.2 cm³/mol. The SMILES string of the molecule is Cc1cc2n(n1)C[C@H](CNC[C@H](O)COc1c(C)cccc1C)CN2. The van der Waals surface area contributed by atoms with Gasteiger partial charge in [-0.05, 0) is 31.9 Å². The van der Waals surface area contributed by atoms with Crippen LogP contribution in [0.4, 0.5) is 5.82 Å². The molecule has 0 saturated carbocycles. The molecule has 2 atom stereocenters. The highest BCUT2D eigenvalue weighted by Gasteiger charge is 2.19. The van der Waals surface area contributed by atoms with Gasteiger partial charge in [-0.1, -0.05) is 18.2 Å². The van der Waals surface area contributed by atoms with Crippen LogP contribution in [0.3, 0.4) is 0 Å². The monoisotopic (exact) mass is 344 g/mol. The summed E-state index contributed by atoms with van der Waals surface area (Å²) in [6, 6.07) is 8.13. The van der Waals surface area contributed by atoms with Crippen LogP contribution in [0.15, 0.2) is 24.3 Å². The third-order valence-corrected chi connectivity index (χ3v) is 4.55. The Morgan fingerprint density at radius 3 is 2.88 bits per heavy atom. The molecule has 1 aliphatic rings. The lowest BCUT2D eigenvalue weighted by Crippen LogP contribution is -2.39. The van der Waals surface area contributed by atoms with E-state index < -0.39 is 6.10 Å². The van der Waals surface area contributed by atoms with Crippen molar-refractivity contribution in [2.45, 2.75) is 33.4 Å². The normalized spacial score (nSPS) is 17.7. The van der Waals surface area contributed by atoms with E-state index in [4.69, 9.17) is 4.74 Å². The second-order valence-electron chi connectivity index (χ2n) is 6.94. The fourth-order valence-electron chi connectivity index (χ4n) is 3.24. The molecule has 0 bridgehead atoms. The Labute approximate surface area is 149 Å². The number of para-hydroxylation sites is 1. The highest BCUT2D eigenvalue weighted by molar-refractivity contribution is 5.40. The first-order chi connectivity index (χ1) is 12.0. The summed E-state index contributed by atoms with van der Waals surface area (Å²) in [5, 5.41) is 21.4. The second-order valence-corrected chi connectivity index (χ2v) is 6.94. The van der Waals surface area contributed by atoms with Gasteiger partial charge < -0.3 is 20.5 Å². The van der Waals surface area contributed by atoms with Crippen LogP contribution in [-0.4, -0.2) is 47.2 Å². The van der Waals surface area contributed by atoms with Crippen molar-refractivity contribution in [3.05, 3.63) is 41.1 Å². The number of ether oxygens (including phenoxy) is 1. The molecule has 0 aliphatic carbocycles. The lowest BCUT2D eigenvalue weighted by atomic mass is 10.1. The first-order valence-electron chi connectivity index (χ1n) is 8.89. The largest absolute Gasteiger partial charge is 0.490 e. The summed E-state index contributed by atoms with van der Waals surface area (Å²) in [6.07, 6.45) is -0.530. The fourth-order valence-corrected chi connectivity index (χ4v) is 3.24. The third-order valence-electron chi connectivity index (χ3n) is 4.55. The number of rotatable bonds is 7. The van der Waals surface area contributed by atoms with Gasteiger partial charge in [-0.15, -0.1) is 0 Å². The maximum Gasteiger partial charge on any atom is 0.125 e. The third kappa shape index (κ3) is 4.52. The maximum absolute atomic E-state index is 10.2. The highest BCUT2D eigenvalue weighted by Crippen LogP contribution is 2.22. The number of hydrogen-bond acceptors (Lipinski definition) is 5. The van der Waals surface area contributed by atoms with Crippen molar-refractivity contribution in [2.75, 3.05) is 31.6 Å². The number of aromatic nitrogens is 2. The Kier molecular flexibility index (Phi) is 5.60. The van der Waals surface area contributed by atoms with Crippen LogP contribution in [0.1, 0.15) is 16.8 Å². The number of hydrogen-bond donors (Lipinski definition) is 3. The van der Waals surface area contributed by atoms with E-state index in [1.54, 1.807) is 0 Å². The van der Waals surface area contributed by atoms with Crippen molar-refractivity contribution < 1.29 is 9.84 Å². The average Bonchev–Trinajstić information content (AvgIpc) is 2.93. The van der Waals surface area contributed by atoms with Gasteiger partial charge in [0.1, 0.15) is 24.3 Å². The van der Waals surface area contributed by atoms with Crippen molar-refractivity contribution in [2.24, 2.45) is 5.92 Å². The quantitative estimate of drug-likeness (QED) is 0.715. The van der Waals surface area contributed by atoms with E-state index in [2.05, 4.69) is 21.8 Å². The molecule has 1 aliphatic heterocycles. The average molecular weight is 344 g/mol. The van der Waals surface area contributed by atoms with Crippen molar-refractivity contribution in [3.8, 4) is 5.75 Å². The van der Waals surface area contributed by atoms with Gasteiger partial charge in [0, 0.05) is 38.2 Å². The van der Waals surface area contributed by atoms with Gasteiger partial charge in [-0.3, -0.25) is 0 Å². The van der Waals surface area contributed by atoms with Crippen LogP contribution < -0.4 is 15.4 Å². The molecular weight excluding hydrogens is 316 g/mol. The van der Waals surface area contributed by atoms with Gasteiger partial charge in [0.05, 0.1) is 5.69 Å². The summed E-state index contributed by atoms with van der Waals surface area (Å²) in [7, 11) is 0. The minimum atomic E-state index is -0.530. The Morgan fingerprint density at radius 2 is 2.12 bits per heavy atom. The Morgan fingerprint density at radius 1 is 1.36 bits per heavy atom. The van der Waals surface area contributed by atoms with Gasteiger partial charge in [0.25, 0.3) is 0 Å². The zero-order valence-electron chi connectivity index (χ0n) is 15.2. The molecule has 0 spiro atoms. The molecule has 6 heteroatoms. The Bertz CT molecular complexity index is 693. The molecule has 1 aromatic carbocycles. The van der Waals surface area contributed by atoms with Gasteiger partial charge in [-0.2, -0.15) is 5.10 Å². The van der Waals surface area contributed by atoms with Gasteiger partial charge >= 0.3 is 0 Å². The lowest BCUT2D eigenvalue weighted by Gasteiger charge is -2.25. The first-order valence-corrected chi connectivity index (χ1v) is 8.89. The summed E-state index contributed by atoms with van der Waals surface area (Å²) in [4.78, 5) is 0. The second kappa shape index (κ2) is 7.89. The predicted octanol–water partition coefficient (Wildman–Crippen LogP) is 1.88. The minimum Gasteiger partial charge on any atom is -0.490 e.